The van der Waals surface area contributed by atoms with Gasteiger partial charge in [-0.15, -0.1) is 0 Å². The molecule has 0 aromatic carbocycles. The number of guanidine groups is 1. The third kappa shape index (κ3) is 8.86. The average molecular weight is 376 g/mol. The zero-order chi connectivity index (χ0) is 19.3. The Balaban J connectivity index is 1.46. The molecular formula is C20H33N5O2. The SMILES string of the molecule is C[C@H](CCCCCNC(=N)Nc1ccncc1)C(=O)NOC1CCCCC1. The largest absolute Gasteiger partial charge is 0.356 e. The summed E-state index contributed by atoms with van der Waals surface area (Å²) >= 11 is 0. The molecule has 1 amide bonds. The van der Waals surface area contributed by atoms with Gasteiger partial charge in [-0.05, 0) is 37.8 Å². The lowest BCUT2D eigenvalue weighted by molar-refractivity contribution is -0.144. The number of carbonyl (C=O) groups excluding carboxylic acids is 1. The first kappa shape index (κ1) is 21.2. The van der Waals surface area contributed by atoms with Gasteiger partial charge in [0.25, 0.3) is 0 Å². The fourth-order valence-corrected chi connectivity index (χ4v) is 3.15. The molecule has 27 heavy (non-hydrogen) atoms. The van der Waals surface area contributed by atoms with Crippen LogP contribution in [0.2, 0.25) is 0 Å². The van der Waals surface area contributed by atoms with Crippen LogP contribution >= 0.6 is 0 Å². The van der Waals surface area contributed by atoms with Crippen LogP contribution < -0.4 is 16.1 Å². The Morgan fingerprint density at radius 3 is 2.70 bits per heavy atom. The minimum atomic E-state index is -0.0341. The molecule has 0 aliphatic heterocycles. The van der Waals surface area contributed by atoms with Gasteiger partial charge in [-0.1, -0.05) is 39.0 Å². The number of anilines is 1. The van der Waals surface area contributed by atoms with E-state index in [-0.39, 0.29) is 23.9 Å². The molecule has 7 heteroatoms. The maximum absolute atomic E-state index is 12.1. The zero-order valence-corrected chi connectivity index (χ0v) is 16.3. The van der Waals surface area contributed by atoms with Crippen LogP contribution in [0.3, 0.4) is 0 Å². The van der Waals surface area contributed by atoms with Gasteiger partial charge in [-0.25, -0.2) is 5.48 Å². The van der Waals surface area contributed by atoms with Crippen LogP contribution in [-0.2, 0) is 9.63 Å². The highest BCUT2D eigenvalue weighted by Crippen LogP contribution is 2.19. The Hall–Kier alpha value is -2.15. The number of nitrogens with zero attached hydrogens (tertiary/aromatic N) is 1. The van der Waals surface area contributed by atoms with Crippen molar-refractivity contribution in [3.05, 3.63) is 24.5 Å². The maximum atomic E-state index is 12.1. The Morgan fingerprint density at radius 2 is 1.96 bits per heavy atom. The van der Waals surface area contributed by atoms with Crippen molar-refractivity contribution in [2.45, 2.75) is 70.8 Å². The van der Waals surface area contributed by atoms with Crippen molar-refractivity contribution in [3.63, 3.8) is 0 Å². The number of hydrogen-bond acceptors (Lipinski definition) is 4. The molecule has 2 rings (SSSR count). The predicted octanol–water partition coefficient (Wildman–Crippen LogP) is 3.59. The highest BCUT2D eigenvalue weighted by molar-refractivity contribution is 5.90. The number of rotatable bonds is 10. The number of pyridine rings is 1. The predicted molar refractivity (Wildman–Crippen MR) is 107 cm³/mol. The van der Waals surface area contributed by atoms with Gasteiger partial charge in [0.15, 0.2) is 5.96 Å². The molecule has 1 aromatic rings. The van der Waals surface area contributed by atoms with Gasteiger partial charge < -0.3 is 10.6 Å². The smallest absolute Gasteiger partial charge is 0.246 e. The molecule has 1 fully saturated rings. The van der Waals surface area contributed by atoms with Crippen LogP contribution in [0.5, 0.6) is 0 Å². The van der Waals surface area contributed by atoms with E-state index in [4.69, 9.17) is 10.2 Å². The Bertz CT molecular complexity index is 561. The number of aromatic nitrogens is 1. The molecule has 1 atom stereocenters. The van der Waals surface area contributed by atoms with Crippen molar-refractivity contribution in [2.75, 3.05) is 11.9 Å². The fraction of sp³-hybridized carbons (Fsp3) is 0.650. The summed E-state index contributed by atoms with van der Waals surface area (Å²) in [6.45, 7) is 2.69. The maximum Gasteiger partial charge on any atom is 0.246 e. The van der Waals surface area contributed by atoms with E-state index in [1.54, 1.807) is 12.4 Å². The second-order valence-electron chi connectivity index (χ2n) is 7.26. The first-order chi connectivity index (χ1) is 13.1. The molecule has 7 nitrogen and oxygen atoms in total. The van der Waals surface area contributed by atoms with Crippen molar-refractivity contribution in [1.82, 2.24) is 15.8 Å². The summed E-state index contributed by atoms with van der Waals surface area (Å²) in [6.07, 6.45) is 13.2. The molecular weight excluding hydrogens is 342 g/mol. The van der Waals surface area contributed by atoms with Crippen molar-refractivity contribution in [2.24, 2.45) is 5.92 Å². The van der Waals surface area contributed by atoms with Gasteiger partial charge >= 0.3 is 0 Å². The van der Waals surface area contributed by atoms with E-state index in [1.165, 1.54) is 19.3 Å². The highest BCUT2D eigenvalue weighted by Gasteiger charge is 2.17. The molecule has 1 heterocycles. The van der Waals surface area contributed by atoms with Crippen molar-refractivity contribution in [1.29, 1.82) is 5.41 Å². The molecule has 150 valence electrons. The normalized spacial score (nSPS) is 15.7. The van der Waals surface area contributed by atoms with E-state index in [1.807, 2.05) is 19.1 Å². The molecule has 1 aromatic heterocycles. The first-order valence-corrected chi connectivity index (χ1v) is 10.1. The van der Waals surface area contributed by atoms with E-state index < -0.39 is 0 Å². The van der Waals surface area contributed by atoms with E-state index in [9.17, 15) is 4.79 Å². The highest BCUT2D eigenvalue weighted by atomic mass is 16.7. The number of nitrogens with one attached hydrogen (secondary N) is 4. The van der Waals surface area contributed by atoms with Crippen LogP contribution in [0.1, 0.15) is 64.7 Å². The number of carbonyl (C=O) groups is 1. The molecule has 1 aliphatic rings. The second kappa shape index (κ2) is 12.3. The molecule has 1 saturated carbocycles. The number of hydroxylamine groups is 1. The van der Waals surface area contributed by atoms with Crippen LogP contribution in [-0.4, -0.2) is 29.5 Å². The standard InChI is InChI=1S/C20H33N5O2/c1-16(19(26)25-27-18-9-5-2-6-10-18)8-4-3-7-13-23-20(21)24-17-11-14-22-15-12-17/h11-12,14-16,18H,2-10,13H2,1H3,(H,25,26)(H3,21,22,23,24)/t16-/m1/s1. The van der Waals surface area contributed by atoms with E-state index >= 15 is 0 Å². The van der Waals surface area contributed by atoms with Crippen LogP contribution in [0, 0.1) is 11.3 Å². The van der Waals surface area contributed by atoms with Crippen LogP contribution in [0.4, 0.5) is 5.69 Å². The quantitative estimate of drug-likeness (QED) is 0.217. The topological polar surface area (TPSA) is 99.1 Å². The molecule has 0 unspecified atom stereocenters. The minimum absolute atomic E-state index is 0.0120. The minimum Gasteiger partial charge on any atom is -0.356 e. The summed E-state index contributed by atoms with van der Waals surface area (Å²) in [6, 6.07) is 3.64. The van der Waals surface area contributed by atoms with Crippen LogP contribution in [0.15, 0.2) is 24.5 Å². The fourth-order valence-electron chi connectivity index (χ4n) is 3.15. The Labute approximate surface area is 162 Å². The average Bonchev–Trinajstić information content (AvgIpc) is 2.70. The molecule has 0 spiro atoms. The van der Waals surface area contributed by atoms with Crippen molar-refractivity contribution >= 4 is 17.6 Å². The lowest BCUT2D eigenvalue weighted by Gasteiger charge is -2.22. The van der Waals surface area contributed by atoms with Gasteiger partial charge in [0.1, 0.15) is 0 Å². The second-order valence-corrected chi connectivity index (χ2v) is 7.26. The molecule has 0 saturated heterocycles. The Kier molecular flexibility index (Phi) is 9.62. The van der Waals surface area contributed by atoms with E-state index in [0.29, 0.717) is 0 Å². The third-order valence-corrected chi connectivity index (χ3v) is 4.89. The summed E-state index contributed by atoms with van der Waals surface area (Å²) in [5, 5.41) is 13.9. The summed E-state index contributed by atoms with van der Waals surface area (Å²) in [5.41, 5.74) is 3.50. The molecule has 0 bridgehead atoms. The third-order valence-electron chi connectivity index (χ3n) is 4.89. The summed E-state index contributed by atoms with van der Waals surface area (Å²) in [4.78, 5) is 21.6. The molecule has 4 N–H and O–H groups in total. The van der Waals surface area contributed by atoms with Gasteiger partial charge in [0.05, 0.1) is 6.10 Å². The van der Waals surface area contributed by atoms with Crippen molar-refractivity contribution in [3.8, 4) is 0 Å². The summed E-state index contributed by atoms with van der Waals surface area (Å²) in [7, 11) is 0. The van der Waals surface area contributed by atoms with E-state index in [2.05, 4.69) is 21.1 Å². The summed E-state index contributed by atoms with van der Waals surface area (Å²) in [5.74, 6) is 0.240. The van der Waals surface area contributed by atoms with Crippen LogP contribution in [0.25, 0.3) is 0 Å². The van der Waals surface area contributed by atoms with Gasteiger partial charge in [0, 0.05) is 30.5 Å². The lowest BCUT2D eigenvalue weighted by Crippen LogP contribution is -2.34. The monoisotopic (exact) mass is 375 g/mol. The molecule has 1 aliphatic carbocycles. The van der Waals surface area contributed by atoms with E-state index in [0.717, 1.165) is 50.8 Å². The number of unbranched alkanes of at least 4 members (excludes halogenated alkanes) is 2. The van der Waals surface area contributed by atoms with Gasteiger partial charge in [-0.2, -0.15) is 0 Å². The Morgan fingerprint density at radius 1 is 1.22 bits per heavy atom. The van der Waals surface area contributed by atoms with Gasteiger partial charge in [-0.3, -0.25) is 20.0 Å². The van der Waals surface area contributed by atoms with Gasteiger partial charge in [0.2, 0.25) is 5.91 Å². The summed E-state index contributed by atoms with van der Waals surface area (Å²) < 4.78 is 0. The number of amides is 1. The lowest BCUT2D eigenvalue weighted by atomic mass is 9.98. The van der Waals surface area contributed by atoms with Crippen molar-refractivity contribution < 1.29 is 9.63 Å². The number of hydrogen-bond donors (Lipinski definition) is 4. The zero-order valence-electron chi connectivity index (χ0n) is 16.3. The first-order valence-electron chi connectivity index (χ1n) is 10.1. The molecule has 0 radical (unpaired) electrons.